The zero-order valence-corrected chi connectivity index (χ0v) is 12.9. The van der Waals surface area contributed by atoms with Crippen molar-refractivity contribution in [1.82, 2.24) is 5.43 Å². The number of hydrogen-bond donors (Lipinski definition) is 1. The summed E-state index contributed by atoms with van der Waals surface area (Å²) in [7, 11) is 1.59. The first-order valence-corrected chi connectivity index (χ1v) is 7.31. The van der Waals surface area contributed by atoms with Crippen LogP contribution in [0, 0.1) is 0 Å². The van der Waals surface area contributed by atoms with Crippen LogP contribution in [0.4, 0.5) is 0 Å². The highest BCUT2D eigenvalue weighted by atomic mass is 16.5. The third-order valence-electron chi connectivity index (χ3n) is 3.24. The summed E-state index contributed by atoms with van der Waals surface area (Å²) in [5.74, 6) is 0.489. The molecule has 2 aromatic rings. The van der Waals surface area contributed by atoms with Crippen molar-refractivity contribution < 1.29 is 9.53 Å². The third-order valence-corrected chi connectivity index (χ3v) is 3.24. The van der Waals surface area contributed by atoms with Gasteiger partial charge in [0.25, 0.3) is 5.91 Å². The van der Waals surface area contributed by atoms with Gasteiger partial charge in [-0.15, -0.1) is 0 Å². The van der Waals surface area contributed by atoms with E-state index in [4.69, 9.17) is 4.74 Å². The standard InChI is InChI=1S/C18H20N2O2/c1-3-7-17(14-8-5-4-6-9-14)19-20-18(21)15-10-12-16(22-2)13-11-15/h4-6,8-13H,3,7H2,1-2H3,(H,20,21). The molecule has 0 aliphatic carbocycles. The molecule has 0 heterocycles. The number of nitrogens with one attached hydrogen (secondary N) is 1. The van der Waals surface area contributed by atoms with Gasteiger partial charge in [-0.3, -0.25) is 4.79 Å². The first kappa shape index (κ1) is 15.8. The van der Waals surface area contributed by atoms with E-state index in [-0.39, 0.29) is 5.91 Å². The van der Waals surface area contributed by atoms with Crippen LogP contribution in [0.25, 0.3) is 0 Å². The van der Waals surface area contributed by atoms with Gasteiger partial charge in [-0.2, -0.15) is 5.10 Å². The lowest BCUT2D eigenvalue weighted by molar-refractivity contribution is 0.0954. The van der Waals surface area contributed by atoms with Crippen LogP contribution in [-0.2, 0) is 0 Å². The van der Waals surface area contributed by atoms with Crippen LogP contribution in [0.2, 0.25) is 0 Å². The predicted octanol–water partition coefficient (Wildman–Crippen LogP) is 3.63. The Morgan fingerprint density at radius 2 is 1.73 bits per heavy atom. The van der Waals surface area contributed by atoms with E-state index in [1.54, 1.807) is 31.4 Å². The number of rotatable bonds is 6. The second-order valence-electron chi connectivity index (χ2n) is 4.84. The number of hydrogen-bond acceptors (Lipinski definition) is 3. The number of benzene rings is 2. The van der Waals surface area contributed by atoms with Gasteiger partial charge in [0, 0.05) is 5.56 Å². The number of methoxy groups -OCH3 is 1. The minimum absolute atomic E-state index is 0.229. The monoisotopic (exact) mass is 296 g/mol. The molecule has 0 bridgehead atoms. The summed E-state index contributed by atoms with van der Waals surface area (Å²) in [5.41, 5.74) is 5.08. The molecule has 1 N–H and O–H groups in total. The summed E-state index contributed by atoms with van der Waals surface area (Å²) in [5, 5.41) is 4.29. The lowest BCUT2D eigenvalue weighted by Gasteiger charge is -2.07. The van der Waals surface area contributed by atoms with Crippen molar-refractivity contribution in [2.75, 3.05) is 7.11 Å². The predicted molar refractivity (Wildman–Crippen MR) is 88.3 cm³/mol. The van der Waals surface area contributed by atoms with E-state index in [0.717, 1.165) is 29.9 Å². The van der Waals surface area contributed by atoms with E-state index in [9.17, 15) is 4.79 Å². The van der Waals surface area contributed by atoms with E-state index in [1.807, 2.05) is 30.3 Å². The Morgan fingerprint density at radius 1 is 1.05 bits per heavy atom. The zero-order chi connectivity index (χ0) is 15.8. The first-order valence-electron chi connectivity index (χ1n) is 7.31. The maximum atomic E-state index is 12.1. The van der Waals surface area contributed by atoms with E-state index >= 15 is 0 Å². The Balaban J connectivity index is 2.11. The highest BCUT2D eigenvalue weighted by Crippen LogP contribution is 2.11. The molecule has 4 nitrogen and oxygen atoms in total. The fraction of sp³-hybridized carbons (Fsp3) is 0.222. The first-order chi connectivity index (χ1) is 10.7. The summed E-state index contributed by atoms with van der Waals surface area (Å²) in [6.07, 6.45) is 1.78. The number of carbonyl (C=O) groups is 1. The molecule has 0 radical (unpaired) electrons. The Hall–Kier alpha value is -2.62. The molecule has 0 aliphatic rings. The highest BCUT2D eigenvalue weighted by Gasteiger charge is 2.07. The van der Waals surface area contributed by atoms with Crippen molar-refractivity contribution in [2.24, 2.45) is 5.10 Å². The quantitative estimate of drug-likeness (QED) is 0.653. The second-order valence-corrected chi connectivity index (χ2v) is 4.84. The van der Waals surface area contributed by atoms with Crippen molar-refractivity contribution in [1.29, 1.82) is 0 Å². The normalized spacial score (nSPS) is 11.1. The topological polar surface area (TPSA) is 50.7 Å². The average molecular weight is 296 g/mol. The molecular formula is C18H20N2O2. The van der Waals surface area contributed by atoms with E-state index in [1.165, 1.54) is 0 Å². The molecule has 2 rings (SSSR count). The van der Waals surface area contributed by atoms with Gasteiger partial charge in [-0.05, 0) is 36.2 Å². The van der Waals surface area contributed by atoms with Crippen LogP contribution in [-0.4, -0.2) is 18.7 Å². The summed E-state index contributed by atoms with van der Waals surface area (Å²) in [6.45, 7) is 2.09. The summed E-state index contributed by atoms with van der Waals surface area (Å²) >= 11 is 0. The van der Waals surface area contributed by atoms with Gasteiger partial charge in [0.1, 0.15) is 5.75 Å². The fourth-order valence-corrected chi connectivity index (χ4v) is 2.06. The fourth-order valence-electron chi connectivity index (χ4n) is 2.06. The maximum absolute atomic E-state index is 12.1. The Kier molecular flexibility index (Phi) is 5.72. The zero-order valence-electron chi connectivity index (χ0n) is 12.9. The Labute approximate surface area is 130 Å². The van der Waals surface area contributed by atoms with E-state index in [0.29, 0.717) is 5.56 Å². The van der Waals surface area contributed by atoms with Gasteiger partial charge in [0.15, 0.2) is 0 Å². The van der Waals surface area contributed by atoms with E-state index < -0.39 is 0 Å². The molecule has 0 unspecified atom stereocenters. The molecular weight excluding hydrogens is 276 g/mol. The smallest absolute Gasteiger partial charge is 0.271 e. The van der Waals surface area contributed by atoms with Crippen LogP contribution >= 0.6 is 0 Å². The van der Waals surface area contributed by atoms with Crippen molar-refractivity contribution >= 4 is 11.6 Å². The molecule has 0 aliphatic heterocycles. The van der Waals surface area contributed by atoms with Gasteiger partial charge in [-0.1, -0.05) is 43.7 Å². The third kappa shape index (κ3) is 4.19. The molecule has 4 heteroatoms. The SMILES string of the molecule is CCCC(=NNC(=O)c1ccc(OC)cc1)c1ccccc1. The summed E-state index contributed by atoms with van der Waals surface area (Å²) < 4.78 is 5.08. The summed E-state index contributed by atoms with van der Waals surface area (Å²) in [6, 6.07) is 16.8. The number of amides is 1. The van der Waals surface area contributed by atoms with Crippen molar-refractivity contribution in [3.63, 3.8) is 0 Å². The molecule has 0 fully saturated rings. The molecule has 0 saturated heterocycles. The number of nitrogens with zero attached hydrogens (tertiary/aromatic N) is 1. The van der Waals surface area contributed by atoms with Gasteiger partial charge >= 0.3 is 0 Å². The van der Waals surface area contributed by atoms with Crippen LogP contribution < -0.4 is 10.2 Å². The highest BCUT2D eigenvalue weighted by molar-refractivity contribution is 6.02. The molecule has 0 aromatic heterocycles. The van der Waals surface area contributed by atoms with Crippen LogP contribution in [0.5, 0.6) is 5.75 Å². The molecule has 0 atom stereocenters. The Morgan fingerprint density at radius 3 is 2.32 bits per heavy atom. The largest absolute Gasteiger partial charge is 0.497 e. The lowest BCUT2D eigenvalue weighted by atomic mass is 10.1. The molecule has 0 spiro atoms. The molecule has 114 valence electrons. The lowest BCUT2D eigenvalue weighted by Crippen LogP contribution is -2.20. The minimum Gasteiger partial charge on any atom is -0.497 e. The number of ether oxygens (including phenoxy) is 1. The van der Waals surface area contributed by atoms with Gasteiger partial charge in [-0.25, -0.2) is 5.43 Å². The van der Waals surface area contributed by atoms with Crippen molar-refractivity contribution in [3.8, 4) is 5.75 Å². The maximum Gasteiger partial charge on any atom is 0.271 e. The second kappa shape index (κ2) is 7.98. The Bertz CT molecular complexity index is 634. The van der Waals surface area contributed by atoms with Crippen LogP contribution in [0.3, 0.4) is 0 Å². The van der Waals surface area contributed by atoms with Crippen molar-refractivity contribution in [3.05, 3.63) is 65.7 Å². The van der Waals surface area contributed by atoms with Crippen molar-refractivity contribution in [2.45, 2.75) is 19.8 Å². The molecule has 0 saturated carbocycles. The van der Waals surface area contributed by atoms with E-state index in [2.05, 4.69) is 17.5 Å². The van der Waals surface area contributed by atoms with Gasteiger partial charge in [0.05, 0.1) is 12.8 Å². The van der Waals surface area contributed by atoms with Crippen LogP contribution in [0.15, 0.2) is 59.7 Å². The summed E-state index contributed by atoms with van der Waals surface area (Å²) in [4.78, 5) is 12.1. The molecule has 22 heavy (non-hydrogen) atoms. The molecule has 2 aromatic carbocycles. The minimum atomic E-state index is -0.229. The van der Waals surface area contributed by atoms with Gasteiger partial charge in [0.2, 0.25) is 0 Å². The average Bonchev–Trinajstić information content (AvgIpc) is 2.59. The number of hydrazone groups is 1. The van der Waals surface area contributed by atoms with Crippen LogP contribution in [0.1, 0.15) is 35.7 Å². The number of carbonyl (C=O) groups excluding carboxylic acids is 1. The molecule has 1 amide bonds. The van der Waals surface area contributed by atoms with Gasteiger partial charge < -0.3 is 4.74 Å².